The zero-order valence-electron chi connectivity index (χ0n) is 19.9. The Morgan fingerprint density at radius 3 is 2.57 bits per heavy atom. The molecule has 5 nitrogen and oxygen atoms in total. The van der Waals surface area contributed by atoms with Gasteiger partial charge in [-0.25, -0.2) is 0 Å². The number of amides is 1. The van der Waals surface area contributed by atoms with E-state index >= 15 is 0 Å². The van der Waals surface area contributed by atoms with E-state index in [0.29, 0.717) is 45.6 Å². The van der Waals surface area contributed by atoms with E-state index in [1.807, 2.05) is 32.0 Å². The summed E-state index contributed by atoms with van der Waals surface area (Å²) < 4.78 is 50.6. The fourth-order valence-corrected chi connectivity index (χ4v) is 4.90. The zero-order valence-corrected chi connectivity index (χ0v) is 20.8. The van der Waals surface area contributed by atoms with Crippen LogP contribution in [0.1, 0.15) is 48.9 Å². The number of alkyl halides is 3. The maximum Gasteiger partial charge on any atom is 0.416 e. The summed E-state index contributed by atoms with van der Waals surface area (Å²) in [4.78, 5) is 15.8. The van der Waals surface area contributed by atoms with Crippen molar-refractivity contribution in [1.29, 1.82) is 0 Å². The first kappa shape index (κ1) is 27.3. The summed E-state index contributed by atoms with van der Waals surface area (Å²) in [5, 5.41) is 3.20. The second-order valence-electron chi connectivity index (χ2n) is 9.25. The van der Waals surface area contributed by atoms with Crippen LogP contribution in [-0.2, 0) is 15.7 Å². The summed E-state index contributed by atoms with van der Waals surface area (Å²) in [7, 11) is 0. The predicted molar refractivity (Wildman–Crippen MR) is 130 cm³/mol. The number of hydrogen-bond acceptors (Lipinski definition) is 4. The van der Waals surface area contributed by atoms with E-state index in [1.54, 1.807) is 6.07 Å². The van der Waals surface area contributed by atoms with Crippen LogP contribution in [0.4, 0.5) is 13.2 Å². The number of nitrogens with one attached hydrogen (secondary N) is 1. The highest BCUT2D eigenvalue weighted by molar-refractivity contribution is 5.87. The van der Waals surface area contributed by atoms with Crippen molar-refractivity contribution in [2.75, 3.05) is 26.3 Å². The number of benzene rings is 2. The molecule has 4 rings (SSSR count). The van der Waals surface area contributed by atoms with Gasteiger partial charge < -0.3 is 14.8 Å². The maximum absolute atomic E-state index is 13.6. The minimum atomic E-state index is -4.42. The van der Waals surface area contributed by atoms with E-state index in [-0.39, 0.29) is 36.2 Å². The Bertz CT molecular complexity index is 1010. The topological polar surface area (TPSA) is 50.8 Å². The first-order valence-electron chi connectivity index (χ1n) is 11.7. The van der Waals surface area contributed by atoms with Crippen LogP contribution < -0.4 is 10.1 Å². The predicted octanol–water partition coefficient (Wildman–Crippen LogP) is 5.32. The first-order valence-corrected chi connectivity index (χ1v) is 11.7. The molecule has 2 saturated heterocycles. The van der Waals surface area contributed by atoms with Crippen LogP contribution in [-0.4, -0.2) is 48.8 Å². The van der Waals surface area contributed by atoms with Gasteiger partial charge in [0.1, 0.15) is 17.4 Å². The number of rotatable bonds is 6. The molecule has 2 aliphatic rings. The van der Waals surface area contributed by atoms with Crippen molar-refractivity contribution in [2.45, 2.75) is 57.0 Å². The standard InChI is InChI=1S/C26H31F3N2O3.ClH/c1-18-5-3-6-20(15-18)19(2)30-24(32)25(10-13-33-14-11-25)31-12-9-23(17-31)34-22-8-4-7-21(16-22)26(27,28)29;/h3-8,15-16,19,23H,9-14,17H2,1-2H3,(H,30,32);1H/t19-,23+;/m0./s1. The van der Waals surface area contributed by atoms with Gasteiger partial charge >= 0.3 is 6.18 Å². The van der Waals surface area contributed by atoms with Crippen molar-refractivity contribution in [3.8, 4) is 5.75 Å². The Labute approximate surface area is 210 Å². The normalized spacial score (nSPS) is 21.1. The summed E-state index contributed by atoms with van der Waals surface area (Å²) in [6, 6.07) is 12.9. The number of aryl methyl sites for hydroxylation is 1. The summed E-state index contributed by atoms with van der Waals surface area (Å²) in [6.07, 6.45) is -2.94. The Hall–Kier alpha value is -2.29. The van der Waals surface area contributed by atoms with Crippen LogP contribution in [0.3, 0.4) is 0 Å². The van der Waals surface area contributed by atoms with Crippen molar-refractivity contribution >= 4 is 18.3 Å². The minimum absolute atomic E-state index is 0. The lowest BCUT2D eigenvalue weighted by molar-refractivity contribution is -0.141. The average Bonchev–Trinajstić information content (AvgIpc) is 3.28. The number of likely N-dealkylation sites (tertiary alicyclic amines) is 1. The molecule has 2 aromatic carbocycles. The first-order chi connectivity index (χ1) is 16.2. The molecule has 0 unspecified atom stereocenters. The smallest absolute Gasteiger partial charge is 0.416 e. The molecule has 0 aromatic heterocycles. The van der Waals surface area contributed by atoms with Crippen molar-refractivity contribution in [3.63, 3.8) is 0 Å². The molecule has 9 heteroatoms. The van der Waals surface area contributed by atoms with Gasteiger partial charge in [-0.2, -0.15) is 13.2 Å². The van der Waals surface area contributed by atoms with Gasteiger partial charge in [-0.1, -0.05) is 35.9 Å². The van der Waals surface area contributed by atoms with E-state index in [9.17, 15) is 18.0 Å². The van der Waals surface area contributed by atoms with Gasteiger partial charge in [0.15, 0.2) is 0 Å². The van der Waals surface area contributed by atoms with Gasteiger partial charge in [-0.05, 0) is 56.9 Å². The monoisotopic (exact) mass is 512 g/mol. The van der Waals surface area contributed by atoms with Gasteiger partial charge in [0, 0.05) is 26.3 Å². The number of halogens is 4. The van der Waals surface area contributed by atoms with Gasteiger partial charge in [-0.15, -0.1) is 12.4 Å². The SMILES string of the molecule is Cc1cccc([C@H](C)NC(=O)C2(N3CC[C@@H](Oc4cccc(C(F)(F)F)c4)C3)CCOCC2)c1.Cl. The Balaban J connectivity index is 0.00000342. The molecule has 0 bridgehead atoms. The molecule has 2 aliphatic heterocycles. The molecule has 1 N–H and O–H groups in total. The van der Waals surface area contributed by atoms with E-state index in [4.69, 9.17) is 9.47 Å². The van der Waals surface area contributed by atoms with Crippen LogP contribution in [0.15, 0.2) is 48.5 Å². The average molecular weight is 513 g/mol. The van der Waals surface area contributed by atoms with Gasteiger partial charge in [0.05, 0.1) is 11.6 Å². The molecule has 0 saturated carbocycles. The molecule has 1 amide bonds. The summed E-state index contributed by atoms with van der Waals surface area (Å²) in [5.74, 6) is 0.157. The third kappa shape index (κ3) is 6.29. The molecule has 2 atom stereocenters. The lowest BCUT2D eigenvalue weighted by Gasteiger charge is -2.43. The Morgan fingerprint density at radius 1 is 1.17 bits per heavy atom. The van der Waals surface area contributed by atoms with Crippen molar-refractivity contribution in [2.24, 2.45) is 0 Å². The number of carbonyl (C=O) groups is 1. The van der Waals surface area contributed by atoms with E-state index in [0.717, 1.165) is 23.3 Å². The van der Waals surface area contributed by atoms with E-state index < -0.39 is 17.3 Å². The number of hydrogen-bond donors (Lipinski definition) is 1. The van der Waals surface area contributed by atoms with E-state index in [2.05, 4.69) is 16.3 Å². The number of nitrogens with zero attached hydrogens (tertiary/aromatic N) is 1. The molecule has 2 heterocycles. The second-order valence-corrected chi connectivity index (χ2v) is 9.25. The Morgan fingerprint density at radius 2 is 1.89 bits per heavy atom. The Kier molecular flexibility index (Phi) is 8.72. The fourth-order valence-electron chi connectivity index (χ4n) is 4.90. The molecule has 0 radical (unpaired) electrons. The number of ether oxygens (including phenoxy) is 2. The highest BCUT2D eigenvalue weighted by Gasteiger charge is 2.48. The van der Waals surface area contributed by atoms with Gasteiger partial charge in [0.2, 0.25) is 5.91 Å². The lowest BCUT2D eigenvalue weighted by atomic mass is 9.86. The molecular formula is C26H32ClF3N2O3. The molecule has 192 valence electrons. The summed E-state index contributed by atoms with van der Waals surface area (Å²) >= 11 is 0. The lowest BCUT2D eigenvalue weighted by Crippen LogP contribution is -2.61. The van der Waals surface area contributed by atoms with Crippen LogP contribution in [0, 0.1) is 6.92 Å². The van der Waals surface area contributed by atoms with Gasteiger partial charge in [0.25, 0.3) is 0 Å². The second kappa shape index (κ2) is 11.2. The largest absolute Gasteiger partial charge is 0.489 e. The fraction of sp³-hybridized carbons (Fsp3) is 0.500. The number of carbonyl (C=O) groups excluding carboxylic acids is 1. The third-order valence-electron chi connectivity index (χ3n) is 6.85. The van der Waals surface area contributed by atoms with Crippen LogP contribution in [0.2, 0.25) is 0 Å². The summed E-state index contributed by atoms with van der Waals surface area (Å²) in [6.45, 7) is 6.08. The molecule has 0 aliphatic carbocycles. The quantitative estimate of drug-likeness (QED) is 0.569. The molecule has 0 spiro atoms. The van der Waals surface area contributed by atoms with Crippen LogP contribution >= 0.6 is 12.4 Å². The van der Waals surface area contributed by atoms with Crippen molar-refractivity contribution in [3.05, 3.63) is 65.2 Å². The van der Waals surface area contributed by atoms with Crippen molar-refractivity contribution in [1.82, 2.24) is 10.2 Å². The highest BCUT2D eigenvalue weighted by atomic mass is 35.5. The molecule has 2 fully saturated rings. The maximum atomic E-state index is 13.6. The molecule has 2 aromatic rings. The highest BCUT2D eigenvalue weighted by Crippen LogP contribution is 2.35. The van der Waals surface area contributed by atoms with Crippen LogP contribution in [0.5, 0.6) is 5.75 Å². The van der Waals surface area contributed by atoms with Crippen molar-refractivity contribution < 1.29 is 27.4 Å². The molecular weight excluding hydrogens is 481 g/mol. The van der Waals surface area contributed by atoms with E-state index in [1.165, 1.54) is 6.07 Å². The minimum Gasteiger partial charge on any atom is -0.489 e. The summed E-state index contributed by atoms with van der Waals surface area (Å²) in [5.41, 5.74) is 0.726. The van der Waals surface area contributed by atoms with Gasteiger partial charge in [-0.3, -0.25) is 9.69 Å². The third-order valence-corrected chi connectivity index (χ3v) is 6.85. The van der Waals surface area contributed by atoms with Crippen LogP contribution in [0.25, 0.3) is 0 Å². The zero-order chi connectivity index (χ0) is 24.3. The molecule has 35 heavy (non-hydrogen) atoms.